The Morgan fingerprint density at radius 1 is 1.14 bits per heavy atom. The number of carbonyl (C=O) groups excluding carboxylic acids is 1. The second kappa shape index (κ2) is 6.63. The molecule has 1 fully saturated rings. The summed E-state index contributed by atoms with van der Waals surface area (Å²) in [6.07, 6.45) is 8.53. The summed E-state index contributed by atoms with van der Waals surface area (Å²) in [5.74, 6) is 0.915. The molecule has 4 nitrogen and oxygen atoms in total. The molecule has 2 rings (SSSR count). The third kappa shape index (κ3) is 3.86. The molecule has 1 heterocycles. The van der Waals surface area contributed by atoms with Gasteiger partial charge in [-0.15, -0.1) is 0 Å². The number of hydrogen-bond acceptors (Lipinski definition) is 4. The molecule has 0 saturated heterocycles. The van der Waals surface area contributed by atoms with Gasteiger partial charge in [0.15, 0.2) is 5.89 Å². The molecule has 1 aromatic rings. The highest BCUT2D eigenvalue weighted by atomic mass is 16.5. The minimum Gasteiger partial charge on any atom is -0.463 e. The molecule has 1 aliphatic carbocycles. The Hall–Kier alpha value is -1.32. The summed E-state index contributed by atoms with van der Waals surface area (Å²) in [5, 5.41) is 0. The molecule has 0 aromatic carbocycles. The summed E-state index contributed by atoms with van der Waals surface area (Å²) in [4.78, 5) is 16.6. The molecule has 1 aromatic heterocycles. The molecular weight excluding hydrogens is 266 g/mol. The first kappa shape index (κ1) is 16.1. The number of esters is 1. The SMILES string of the molecule is COC(=O)c1oc(C2CCCCCCC2)nc1C(C)(C)C. The Morgan fingerprint density at radius 3 is 2.24 bits per heavy atom. The molecule has 0 bridgehead atoms. The van der Waals surface area contributed by atoms with Gasteiger partial charge in [-0.2, -0.15) is 0 Å². The van der Waals surface area contributed by atoms with Crippen molar-refractivity contribution in [3.8, 4) is 0 Å². The van der Waals surface area contributed by atoms with Gasteiger partial charge in [0.2, 0.25) is 5.76 Å². The number of nitrogens with zero attached hydrogens (tertiary/aromatic N) is 1. The van der Waals surface area contributed by atoms with Crippen molar-refractivity contribution in [1.29, 1.82) is 0 Å². The van der Waals surface area contributed by atoms with Crippen LogP contribution in [0.5, 0.6) is 0 Å². The maximum Gasteiger partial charge on any atom is 0.376 e. The van der Waals surface area contributed by atoms with Gasteiger partial charge >= 0.3 is 5.97 Å². The highest BCUT2D eigenvalue weighted by molar-refractivity contribution is 5.87. The van der Waals surface area contributed by atoms with Gasteiger partial charge in [0.05, 0.1) is 12.8 Å². The third-order valence-electron chi connectivity index (χ3n) is 4.18. The first-order valence-corrected chi connectivity index (χ1v) is 8.03. The van der Waals surface area contributed by atoms with E-state index in [-0.39, 0.29) is 11.2 Å². The van der Waals surface area contributed by atoms with Gasteiger partial charge in [0.1, 0.15) is 0 Å². The molecule has 1 saturated carbocycles. The Balaban J connectivity index is 2.31. The molecule has 0 amide bonds. The van der Waals surface area contributed by atoms with Crippen molar-refractivity contribution in [2.45, 2.75) is 77.0 Å². The molecule has 0 N–H and O–H groups in total. The number of rotatable bonds is 2. The van der Waals surface area contributed by atoms with E-state index in [1.165, 1.54) is 39.2 Å². The molecule has 21 heavy (non-hydrogen) atoms. The fourth-order valence-electron chi connectivity index (χ4n) is 2.95. The van der Waals surface area contributed by atoms with Crippen molar-refractivity contribution in [1.82, 2.24) is 4.98 Å². The zero-order valence-corrected chi connectivity index (χ0v) is 13.7. The van der Waals surface area contributed by atoms with Gasteiger partial charge in [-0.3, -0.25) is 0 Å². The summed E-state index contributed by atoms with van der Waals surface area (Å²) in [6, 6.07) is 0. The van der Waals surface area contributed by atoms with Crippen molar-refractivity contribution < 1.29 is 13.9 Å². The van der Waals surface area contributed by atoms with Crippen LogP contribution in [0.3, 0.4) is 0 Å². The van der Waals surface area contributed by atoms with Crippen LogP contribution in [-0.4, -0.2) is 18.1 Å². The molecule has 0 unspecified atom stereocenters. The molecule has 0 atom stereocenters. The molecule has 0 spiro atoms. The largest absolute Gasteiger partial charge is 0.463 e. The summed E-state index contributed by atoms with van der Waals surface area (Å²) in [5.41, 5.74) is 0.485. The monoisotopic (exact) mass is 293 g/mol. The van der Waals surface area contributed by atoms with Crippen LogP contribution in [-0.2, 0) is 10.2 Å². The van der Waals surface area contributed by atoms with E-state index in [0.29, 0.717) is 11.6 Å². The Morgan fingerprint density at radius 2 is 1.71 bits per heavy atom. The summed E-state index contributed by atoms with van der Waals surface area (Å²) in [6.45, 7) is 6.12. The van der Waals surface area contributed by atoms with E-state index in [0.717, 1.165) is 18.7 Å². The van der Waals surface area contributed by atoms with E-state index >= 15 is 0 Å². The first-order valence-electron chi connectivity index (χ1n) is 8.03. The fourth-order valence-corrected chi connectivity index (χ4v) is 2.95. The molecule has 1 aliphatic rings. The second-order valence-corrected chi connectivity index (χ2v) is 7.01. The van der Waals surface area contributed by atoms with Crippen LogP contribution in [0.1, 0.15) is 93.8 Å². The lowest BCUT2D eigenvalue weighted by molar-refractivity contribution is 0.0558. The van der Waals surface area contributed by atoms with E-state index < -0.39 is 5.97 Å². The van der Waals surface area contributed by atoms with Gasteiger partial charge in [-0.1, -0.05) is 52.9 Å². The predicted molar refractivity (Wildman–Crippen MR) is 81.6 cm³/mol. The average Bonchev–Trinajstić information content (AvgIpc) is 2.82. The number of hydrogen-bond donors (Lipinski definition) is 0. The van der Waals surface area contributed by atoms with Crippen LogP contribution in [0.2, 0.25) is 0 Å². The minimum atomic E-state index is -0.426. The number of aromatic nitrogens is 1. The molecule has 118 valence electrons. The standard InChI is InChI=1S/C17H27NO3/c1-17(2,3)14-13(16(19)20-4)21-15(18-14)12-10-8-6-5-7-9-11-12/h12H,5-11H2,1-4H3. The lowest BCUT2D eigenvalue weighted by atomic mass is 9.90. The van der Waals surface area contributed by atoms with Gasteiger partial charge in [-0.05, 0) is 12.8 Å². The van der Waals surface area contributed by atoms with E-state index in [9.17, 15) is 4.79 Å². The smallest absolute Gasteiger partial charge is 0.376 e. The van der Waals surface area contributed by atoms with Crippen LogP contribution < -0.4 is 0 Å². The third-order valence-corrected chi connectivity index (χ3v) is 4.18. The highest BCUT2D eigenvalue weighted by Gasteiger charge is 2.31. The van der Waals surface area contributed by atoms with E-state index in [1.54, 1.807) is 0 Å². The zero-order chi connectivity index (χ0) is 15.5. The van der Waals surface area contributed by atoms with Crippen LogP contribution in [0.15, 0.2) is 4.42 Å². The van der Waals surface area contributed by atoms with Crippen molar-refractivity contribution in [3.63, 3.8) is 0 Å². The van der Waals surface area contributed by atoms with Crippen molar-refractivity contribution in [2.24, 2.45) is 0 Å². The van der Waals surface area contributed by atoms with Crippen molar-refractivity contribution in [2.75, 3.05) is 7.11 Å². The average molecular weight is 293 g/mol. The lowest BCUT2D eigenvalue weighted by Crippen LogP contribution is -2.17. The van der Waals surface area contributed by atoms with Crippen LogP contribution >= 0.6 is 0 Å². The lowest BCUT2D eigenvalue weighted by Gasteiger charge is -2.17. The molecule has 0 radical (unpaired) electrons. The van der Waals surface area contributed by atoms with Crippen molar-refractivity contribution >= 4 is 5.97 Å². The van der Waals surface area contributed by atoms with Crippen LogP contribution in [0, 0.1) is 0 Å². The van der Waals surface area contributed by atoms with Gasteiger partial charge in [-0.25, -0.2) is 9.78 Å². The number of carbonyl (C=O) groups is 1. The minimum absolute atomic E-state index is 0.229. The van der Waals surface area contributed by atoms with Crippen LogP contribution in [0.4, 0.5) is 0 Å². The van der Waals surface area contributed by atoms with Crippen LogP contribution in [0.25, 0.3) is 0 Å². The molecule has 0 aliphatic heterocycles. The fraction of sp³-hybridized carbons (Fsp3) is 0.765. The Bertz CT molecular complexity index is 477. The maximum absolute atomic E-state index is 11.9. The Kier molecular flexibility index (Phi) is 5.07. The molecule has 4 heteroatoms. The highest BCUT2D eigenvalue weighted by Crippen LogP contribution is 2.34. The topological polar surface area (TPSA) is 52.3 Å². The zero-order valence-electron chi connectivity index (χ0n) is 13.7. The summed E-state index contributed by atoms with van der Waals surface area (Å²) >= 11 is 0. The molecular formula is C17H27NO3. The second-order valence-electron chi connectivity index (χ2n) is 7.01. The van der Waals surface area contributed by atoms with Gasteiger partial charge in [0.25, 0.3) is 0 Å². The van der Waals surface area contributed by atoms with Gasteiger partial charge in [0, 0.05) is 11.3 Å². The number of methoxy groups -OCH3 is 1. The normalized spacial score (nSPS) is 18.1. The quantitative estimate of drug-likeness (QED) is 0.748. The number of oxazole rings is 1. The van der Waals surface area contributed by atoms with E-state index in [4.69, 9.17) is 9.15 Å². The van der Waals surface area contributed by atoms with Crippen molar-refractivity contribution in [3.05, 3.63) is 17.3 Å². The maximum atomic E-state index is 11.9. The predicted octanol–water partition coefficient (Wildman–Crippen LogP) is 4.59. The van der Waals surface area contributed by atoms with E-state index in [2.05, 4.69) is 4.98 Å². The number of ether oxygens (including phenoxy) is 1. The Labute approximate surface area is 127 Å². The summed E-state index contributed by atoms with van der Waals surface area (Å²) < 4.78 is 10.7. The van der Waals surface area contributed by atoms with E-state index in [1.807, 2.05) is 20.8 Å². The first-order chi connectivity index (χ1) is 9.93. The van der Waals surface area contributed by atoms with Gasteiger partial charge < -0.3 is 9.15 Å². The summed E-state index contributed by atoms with van der Waals surface area (Å²) in [7, 11) is 1.38.